The number of phenols is 1. The van der Waals surface area contributed by atoms with Gasteiger partial charge in [0.25, 0.3) is 0 Å². The lowest BCUT2D eigenvalue weighted by atomic mass is 10.00. The summed E-state index contributed by atoms with van der Waals surface area (Å²) in [4.78, 5) is 0. The van der Waals surface area contributed by atoms with Gasteiger partial charge in [-0.2, -0.15) is 0 Å². The molecule has 0 fully saturated rings. The van der Waals surface area contributed by atoms with Crippen LogP contribution in [0.4, 0.5) is 5.69 Å². The fourth-order valence-corrected chi connectivity index (χ4v) is 1.65. The average Bonchev–Trinajstić information content (AvgIpc) is 2.20. The summed E-state index contributed by atoms with van der Waals surface area (Å²) >= 11 is 0. The Hall–Kier alpha value is -1.96. The molecule has 0 atom stereocenters. The smallest absolute Gasteiger partial charge is 0.115 e. The maximum absolute atomic E-state index is 9.20. The predicted octanol–water partition coefficient (Wildman–Crippen LogP) is 2.95. The minimum atomic E-state index is 0.284. The number of hydrogen-bond acceptors (Lipinski definition) is 2. The molecule has 0 aliphatic carbocycles. The molecule has 2 nitrogen and oxygen atoms in total. The number of aromatic hydroxyl groups is 1. The molecule has 0 bridgehead atoms. The summed E-state index contributed by atoms with van der Waals surface area (Å²) in [6.45, 7) is 2.03. The van der Waals surface area contributed by atoms with Gasteiger partial charge in [0.1, 0.15) is 5.75 Å². The van der Waals surface area contributed by atoms with E-state index in [2.05, 4.69) is 0 Å². The second kappa shape index (κ2) is 3.65. The molecule has 2 aromatic rings. The van der Waals surface area contributed by atoms with Crippen LogP contribution in [0.3, 0.4) is 0 Å². The number of anilines is 1. The molecule has 2 heteroatoms. The number of nitrogens with two attached hydrogens (primary N) is 1. The van der Waals surface area contributed by atoms with Crippen molar-refractivity contribution in [2.45, 2.75) is 6.92 Å². The maximum Gasteiger partial charge on any atom is 0.115 e. The third-order valence-corrected chi connectivity index (χ3v) is 2.43. The van der Waals surface area contributed by atoms with Crippen molar-refractivity contribution in [2.75, 3.05) is 5.73 Å². The number of rotatable bonds is 1. The van der Waals surface area contributed by atoms with Gasteiger partial charge in [0, 0.05) is 5.69 Å². The molecule has 0 aromatic heterocycles. The zero-order chi connectivity index (χ0) is 10.8. The van der Waals surface area contributed by atoms with Crippen LogP contribution in [0.1, 0.15) is 5.56 Å². The van der Waals surface area contributed by atoms with Crippen molar-refractivity contribution < 1.29 is 5.11 Å². The normalized spacial score (nSPS) is 10.2. The first-order chi connectivity index (χ1) is 7.16. The molecule has 0 aliphatic heterocycles. The van der Waals surface area contributed by atoms with Crippen LogP contribution in [0.25, 0.3) is 11.1 Å². The number of benzene rings is 2. The van der Waals surface area contributed by atoms with Crippen molar-refractivity contribution in [3.8, 4) is 16.9 Å². The Balaban J connectivity index is 2.49. The van der Waals surface area contributed by atoms with Crippen molar-refractivity contribution in [3.05, 3.63) is 48.0 Å². The van der Waals surface area contributed by atoms with Crippen LogP contribution in [0, 0.1) is 6.92 Å². The molecule has 0 unspecified atom stereocenters. The van der Waals surface area contributed by atoms with Gasteiger partial charge in [0.2, 0.25) is 0 Å². The summed E-state index contributed by atoms with van der Waals surface area (Å²) in [5.74, 6) is 0.284. The predicted molar refractivity (Wildman–Crippen MR) is 62.7 cm³/mol. The van der Waals surface area contributed by atoms with Gasteiger partial charge in [-0.15, -0.1) is 0 Å². The van der Waals surface area contributed by atoms with Gasteiger partial charge in [0.05, 0.1) is 0 Å². The molecule has 2 rings (SSSR count). The van der Waals surface area contributed by atoms with Gasteiger partial charge < -0.3 is 10.8 Å². The standard InChI is InChI=1S/C13H13NO/c1-9-8-11(14)4-7-13(9)10-2-5-12(15)6-3-10/h2-8,15H,14H2,1H3. The molecule has 2 aromatic carbocycles. The van der Waals surface area contributed by atoms with Crippen LogP contribution >= 0.6 is 0 Å². The van der Waals surface area contributed by atoms with E-state index in [0.29, 0.717) is 0 Å². The Bertz CT molecular complexity index is 474. The van der Waals surface area contributed by atoms with E-state index in [-0.39, 0.29) is 5.75 Å². The molecule has 0 amide bonds. The van der Waals surface area contributed by atoms with Crippen LogP contribution in [0.2, 0.25) is 0 Å². The molecule has 0 radical (unpaired) electrons. The summed E-state index contributed by atoms with van der Waals surface area (Å²) in [5.41, 5.74) is 9.83. The van der Waals surface area contributed by atoms with Crippen LogP contribution in [0.15, 0.2) is 42.5 Å². The quantitative estimate of drug-likeness (QED) is 0.693. The van der Waals surface area contributed by atoms with Crippen molar-refractivity contribution in [3.63, 3.8) is 0 Å². The largest absolute Gasteiger partial charge is 0.508 e. The molecule has 0 aliphatic rings. The first kappa shape index (κ1) is 9.59. The molecular formula is C13H13NO. The topological polar surface area (TPSA) is 46.2 Å². The summed E-state index contributed by atoms with van der Waals surface area (Å²) in [6.07, 6.45) is 0. The van der Waals surface area contributed by atoms with Gasteiger partial charge in [0.15, 0.2) is 0 Å². The highest BCUT2D eigenvalue weighted by atomic mass is 16.3. The molecular weight excluding hydrogens is 186 g/mol. The van der Waals surface area contributed by atoms with Crippen molar-refractivity contribution in [1.29, 1.82) is 0 Å². The van der Waals surface area contributed by atoms with Gasteiger partial charge in [-0.25, -0.2) is 0 Å². The minimum Gasteiger partial charge on any atom is -0.508 e. The first-order valence-electron chi connectivity index (χ1n) is 4.82. The Kier molecular flexibility index (Phi) is 2.34. The second-order valence-corrected chi connectivity index (χ2v) is 3.62. The van der Waals surface area contributed by atoms with Gasteiger partial charge in [-0.3, -0.25) is 0 Å². The molecule has 0 spiro atoms. The molecule has 76 valence electrons. The lowest BCUT2D eigenvalue weighted by Gasteiger charge is -2.06. The lowest BCUT2D eigenvalue weighted by molar-refractivity contribution is 0.475. The molecule has 0 saturated heterocycles. The highest BCUT2D eigenvalue weighted by Gasteiger charge is 2.01. The highest BCUT2D eigenvalue weighted by Crippen LogP contribution is 2.26. The molecule has 0 saturated carbocycles. The average molecular weight is 199 g/mol. The second-order valence-electron chi connectivity index (χ2n) is 3.62. The van der Waals surface area contributed by atoms with E-state index in [1.165, 1.54) is 0 Å². The number of phenolic OH excluding ortho intramolecular Hbond substituents is 1. The zero-order valence-corrected chi connectivity index (χ0v) is 8.57. The summed E-state index contributed by atoms with van der Waals surface area (Å²) < 4.78 is 0. The van der Waals surface area contributed by atoms with E-state index in [1.54, 1.807) is 12.1 Å². The van der Waals surface area contributed by atoms with Crippen molar-refractivity contribution in [2.24, 2.45) is 0 Å². The monoisotopic (exact) mass is 199 g/mol. The van der Waals surface area contributed by atoms with Crippen LogP contribution in [-0.2, 0) is 0 Å². The fourth-order valence-electron chi connectivity index (χ4n) is 1.65. The minimum absolute atomic E-state index is 0.284. The summed E-state index contributed by atoms with van der Waals surface area (Å²) in [6, 6.07) is 13.0. The molecule has 15 heavy (non-hydrogen) atoms. The lowest BCUT2D eigenvalue weighted by Crippen LogP contribution is -1.88. The van der Waals surface area contributed by atoms with E-state index >= 15 is 0 Å². The third-order valence-electron chi connectivity index (χ3n) is 2.43. The van der Waals surface area contributed by atoms with E-state index in [9.17, 15) is 5.11 Å². The van der Waals surface area contributed by atoms with E-state index in [4.69, 9.17) is 5.73 Å². The van der Waals surface area contributed by atoms with Gasteiger partial charge in [-0.1, -0.05) is 18.2 Å². The Labute approximate surface area is 89.0 Å². The van der Waals surface area contributed by atoms with Crippen LogP contribution in [-0.4, -0.2) is 5.11 Å². The fraction of sp³-hybridized carbons (Fsp3) is 0.0769. The Morgan fingerprint density at radius 1 is 1.00 bits per heavy atom. The van der Waals surface area contributed by atoms with Crippen molar-refractivity contribution in [1.82, 2.24) is 0 Å². The maximum atomic E-state index is 9.20. The van der Waals surface area contributed by atoms with E-state index in [1.807, 2.05) is 37.3 Å². The van der Waals surface area contributed by atoms with Crippen LogP contribution < -0.4 is 5.73 Å². The third kappa shape index (κ3) is 1.94. The van der Waals surface area contributed by atoms with Crippen molar-refractivity contribution >= 4 is 5.69 Å². The first-order valence-corrected chi connectivity index (χ1v) is 4.82. The molecule has 0 heterocycles. The number of aryl methyl sites for hydroxylation is 1. The molecule has 3 N–H and O–H groups in total. The van der Waals surface area contributed by atoms with Gasteiger partial charge >= 0.3 is 0 Å². The summed E-state index contributed by atoms with van der Waals surface area (Å²) in [7, 11) is 0. The SMILES string of the molecule is Cc1cc(N)ccc1-c1ccc(O)cc1. The summed E-state index contributed by atoms with van der Waals surface area (Å²) in [5, 5.41) is 9.20. The number of nitrogen functional groups attached to an aromatic ring is 1. The van der Waals surface area contributed by atoms with Crippen LogP contribution in [0.5, 0.6) is 5.75 Å². The highest BCUT2D eigenvalue weighted by molar-refractivity contribution is 5.69. The van der Waals surface area contributed by atoms with Gasteiger partial charge in [-0.05, 0) is 47.9 Å². The van der Waals surface area contributed by atoms with E-state index < -0.39 is 0 Å². The van der Waals surface area contributed by atoms with E-state index in [0.717, 1.165) is 22.4 Å². The Morgan fingerprint density at radius 3 is 2.27 bits per heavy atom. The Morgan fingerprint density at radius 2 is 1.67 bits per heavy atom. The number of hydrogen-bond donors (Lipinski definition) is 2. The zero-order valence-electron chi connectivity index (χ0n) is 8.57.